The number of hydrogen-bond donors (Lipinski definition) is 4. The van der Waals surface area contributed by atoms with Crippen LogP contribution in [0.25, 0.3) is 0 Å². The Morgan fingerprint density at radius 1 is 1.00 bits per heavy atom. The zero-order valence-corrected chi connectivity index (χ0v) is 21.8. The SMILES string of the molecule is C#C.C=C.CN.Cc1ccc(Nc2ncc(C)c(NC3CCC(NCCN(C)C)CC3)n2)cc1. The van der Waals surface area contributed by atoms with Gasteiger partial charge in [-0.1, -0.05) is 17.7 Å². The number of benzene rings is 1. The standard InChI is InChI=1S/C22H34N6.C2H4.C2H2.CH5N/c1-16-5-7-20(8-6-16)26-22-24-15-17(2)21(27-22)25-19-11-9-18(10-12-19)23-13-14-28(3)4;3*1-2/h5-8,15,18-19,23H,9-14H2,1-4H3,(H2,24,25,26,27);1-2H2;1-2H;2H2,1H3. The fourth-order valence-electron chi connectivity index (χ4n) is 3.54. The van der Waals surface area contributed by atoms with E-state index in [0.29, 0.717) is 18.0 Å². The van der Waals surface area contributed by atoms with E-state index in [2.05, 4.69) is 110 Å². The lowest BCUT2D eigenvalue weighted by atomic mass is 9.91. The highest BCUT2D eigenvalue weighted by atomic mass is 15.2. The van der Waals surface area contributed by atoms with E-state index in [1.54, 1.807) is 0 Å². The van der Waals surface area contributed by atoms with Gasteiger partial charge in [-0.25, -0.2) is 4.98 Å². The molecule has 188 valence electrons. The fourth-order valence-corrected chi connectivity index (χ4v) is 3.54. The highest BCUT2D eigenvalue weighted by molar-refractivity contribution is 5.56. The molecule has 0 bridgehead atoms. The molecule has 5 N–H and O–H groups in total. The number of anilines is 3. The molecule has 1 aliphatic rings. The van der Waals surface area contributed by atoms with E-state index in [1.807, 2.05) is 6.20 Å². The number of aromatic nitrogens is 2. The van der Waals surface area contributed by atoms with Gasteiger partial charge in [-0.15, -0.1) is 26.0 Å². The van der Waals surface area contributed by atoms with E-state index >= 15 is 0 Å². The zero-order valence-electron chi connectivity index (χ0n) is 21.8. The lowest BCUT2D eigenvalue weighted by molar-refractivity contribution is 0.328. The van der Waals surface area contributed by atoms with Gasteiger partial charge in [-0.05, 0) is 72.8 Å². The molecule has 1 aromatic heterocycles. The average molecular weight is 468 g/mol. The Morgan fingerprint density at radius 3 is 2.12 bits per heavy atom. The smallest absolute Gasteiger partial charge is 0.229 e. The number of terminal acetylenes is 1. The zero-order chi connectivity index (χ0) is 25.9. The predicted molar refractivity (Wildman–Crippen MR) is 149 cm³/mol. The van der Waals surface area contributed by atoms with E-state index < -0.39 is 0 Å². The molecular formula is C27H45N7. The van der Waals surface area contributed by atoms with Gasteiger partial charge in [0.2, 0.25) is 5.95 Å². The summed E-state index contributed by atoms with van der Waals surface area (Å²) in [6, 6.07) is 9.39. The molecule has 1 heterocycles. The predicted octanol–water partition coefficient (Wildman–Crippen LogP) is 4.34. The van der Waals surface area contributed by atoms with Crippen LogP contribution in [0.5, 0.6) is 0 Å². The number of rotatable bonds is 8. The van der Waals surface area contributed by atoms with Crippen LogP contribution in [0.15, 0.2) is 43.6 Å². The van der Waals surface area contributed by atoms with Crippen molar-refractivity contribution in [1.82, 2.24) is 20.2 Å². The molecule has 0 amide bonds. The minimum atomic E-state index is 0.479. The van der Waals surface area contributed by atoms with E-state index in [9.17, 15) is 0 Å². The second-order valence-electron chi connectivity index (χ2n) is 8.17. The van der Waals surface area contributed by atoms with Gasteiger partial charge in [0.25, 0.3) is 0 Å². The third kappa shape index (κ3) is 11.8. The van der Waals surface area contributed by atoms with Crippen molar-refractivity contribution < 1.29 is 0 Å². The van der Waals surface area contributed by atoms with Gasteiger partial charge in [0.05, 0.1) is 0 Å². The van der Waals surface area contributed by atoms with Crippen LogP contribution < -0.4 is 21.7 Å². The molecule has 7 nitrogen and oxygen atoms in total. The first-order chi connectivity index (χ1) is 16.5. The molecule has 1 saturated carbocycles. The summed E-state index contributed by atoms with van der Waals surface area (Å²) in [5.74, 6) is 1.57. The highest BCUT2D eigenvalue weighted by Gasteiger charge is 2.21. The van der Waals surface area contributed by atoms with Crippen LogP contribution in [-0.2, 0) is 0 Å². The summed E-state index contributed by atoms with van der Waals surface area (Å²) in [5, 5.41) is 10.6. The van der Waals surface area contributed by atoms with Gasteiger partial charge >= 0.3 is 0 Å². The maximum Gasteiger partial charge on any atom is 0.229 e. The molecule has 3 rings (SSSR count). The van der Waals surface area contributed by atoms with Crippen molar-refractivity contribution in [3.63, 3.8) is 0 Å². The second kappa shape index (κ2) is 18.5. The Balaban J connectivity index is 0.00000168. The van der Waals surface area contributed by atoms with Gasteiger partial charge in [-0.3, -0.25) is 0 Å². The van der Waals surface area contributed by atoms with Crippen molar-refractivity contribution in [2.75, 3.05) is 44.9 Å². The van der Waals surface area contributed by atoms with Crippen molar-refractivity contribution in [3.8, 4) is 12.8 Å². The third-order valence-electron chi connectivity index (χ3n) is 5.34. The molecular weight excluding hydrogens is 422 g/mol. The van der Waals surface area contributed by atoms with Gasteiger partial charge < -0.3 is 26.6 Å². The van der Waals surface area contributed by atoms with E-state index in [4.69, 9.17) is 4.98 Å². The van der Waals surface area contributed by atoms with Crippen LogP contribution in [0.2, 0.25) is 0 Å². The Bertz CT molecular complexity index is 794. The molecule has 0 aliphatic heterocycles. The first kappa shape index (κ1) is 31.1. The molecule has 1 aliphatic carbocycles. The quantitative estimate of drug-likeness (QED) is 0.339. The van der Waals surface area contributed by atoms with Crippen molar-refractivity contribution >= 4 is 17.5 Å². The van der Waals surface area contributed by atoms with Crippen LogP contribution in [0.1, 0.15) is 36.8 Å². The first-order valence-corrected chi connectivity index (χ1v) is 11.7. The summed E-state index contributed by atoms with van der Waals surface area (Å²) in [4.78, 5) is 11.4. The van der Waals surface area contributed by atoms with Gasteiger partial charge in [0.1, 0.15) is 5.82 Å². The Labute approximate surface area is 207 Å². The minimum Gasteiger partial charge on any atom is -0.367 e. The van der Waals surface area contributed by atoms with Crippen LogP contribution in [0.4, 0.5) is 17.5 Å². The molecule has 1 fully saturated rings. The maximum atomic E-state index is 4.72. The third-order valence-corrected chi connectivity index (χ3v) is 5.34. The van der Waals surface area contributed by atoms with E-state index in [1.165, 1.54) is 38.3 Å². The lowest BCUT2D eigenvalue weighted by Crippen LogP contribution is -2.39. The number of aryl methyl sites for hydroxylation is 2. The molecule has 2 aromatic rings. The molecule has 0 saturated heterocycles. The Hall–Kier alpha value is -2.92. The molecule has 0 unspecified atom stereocenters. The number of likely N-dealkylation sites (N-methyl/N-ethyl adjacent to an activating group) is 1. The summed E-state index contributed by atoms with van der Waals surface area (Å²) >= 11 is 0. The first-order valence-electron chi connectivity index (χ1n) is 11.7. The molecule has 0 atom stereocenters. The summed E-state index contributed by atoms with van der Waals surface area (Å²) in [6.45, 7) is 12.3. The minimum absolute atomic E-state index is 0.479. The van der Waals surface area contributed by atoms with Crippen LogP contribution in [-0.4, -0.2) is 61.2 Å². The lowest BCUT2D eigenvalue weighted by Gasteiger charge is -2.30. The Kier molecular flexibility index (Phi) is 16.9. The van der Waals surface area contributed by atoms with Crippen molar-refractivity contribution in [2.24, 2.45) is 5.73 Å². The maximum absolute atomic E-state index is 4.72. The summed E-state index contributed by atoms with van der Waals surface area (Å²) < 4.78 is 0. The summed E-state index contributed by atoms with van der Waals surface area (Å²) in [5.41, 5.74) is 7.83. The number of nitrogens with zero attached hydrogens (tertiary/aromatic N) is 3. The monoisotopic (exact) mass is 467 g/mol. The molecule has 0 radical (unpaired) electrons. The van der Waals surface area contributed by atoms with Gasteiger partial charge in [0.15, 0.2) is 0 Å². The van der Waals surface area contributed by atoms with Gasteiger partial charge in [-0.2, -0.15) is 4.98 Å². The van der Waals surface area contributed by atoms with E-state index in [-0.39, 0.29) is 0 Å². The number of nitrogens with one attached hydrogen (secondary N) is 3. The fraction of sp³-hybridized carbons (Fsp3) is 0.481. The average Bonchev–Trinajstić information content (AvgIpc) is 2.87. The summed E-state index contributed by atoms with van der Waals surface area (Å²) in [6.07, 6.45) is 14.7. The highest BCUT2D eigenvalue weighted by Crippen LogP contribution is 2.24. The second-order valence-corrected chi connectivity index (χ2v) is 8.17. The number of nitrogens with two attached hydrogens (primary N) is 1. The van der Waals surface area contributed by atoms with Crippen LogP contribution >= 0.6 is 0 Å². The number of hydrogen-bond acceptors (Lipinski definition) is 7. The van der Waals surface area contributed by atoms with Crippen molar-refractivity contribution in [3.05, 3.63) is 54.7 Å². The molecule has 1 aromatic carbocycles. The molecule has 7 heteroatoms. The summed E-state index contributed by atoms with van der Waals surface area (Å²) in [7, 11) is 5.74. The molecule has 0 spiro atoms. The molecule has 34 heavy (non-hydrogen) atoms. The van der Waals surface area contributed by atoms with E-state index in [0.717, 1.165) is 30.2 Å². The van der Waals surface area contributed by atoms with Crippen molar-refractivity contribution in [2.45, 2.75) is 51.6 Å². The van der Waals surface area contributed by atoms with Gasteiger partial charge in [0, 0.05) is 42.6 Å². The largest absolute Gasteiger partial charge is 0.367 e. The topological polar surface area (TPSA) is 91.1 Å². The Morgan fingerprint density at radius 2 is 1.56 bits per heavy atom. The normalized spacial score (nSPS) is 16.5. The van der Waals surface area contributed by atoms with Crippen LogP contribution in [0, 0.1) is 26.7 Å². The van der Waals surface area contributed by atoms with Crippen molar-refractivity contribution in [1.29, 1.82) is 0 Å². The van der Waals surface area contributed by atoms with Crippen LogP contribution in [0.3, 0.4) is 0 Å².